The fraction of sp³-hybridized carbons (Fsp3) is 0.240. The van der Waals surface area contributed by atoms with E-state index in [1.807, 2.05) is 19.9 Å². The SMILES string of the molecule is C=CCc1cc(/C=C/C(=O)c2ccc(OC)c(C(C)C(=C)C)c2)c(OC)cc1O. The Hall–Kier alpha value is -3.27. The van der Waals surface area contributed by atoms with Gasteiger partial charge in [-0.05, 0) is 55.3 Å². The zero-order valence-corrected chi connectivity index (χ0v) is 17.5. The van der Waals surface area contributed by atoms with E-state index in [0.717, 1.165) is 22.4 Å². The second kappa shape index (κ2) is 9.78. The summed E-state index contributed by atoms with van der Waals surface area (Å²) in [5.74, 6) is 1.29. The van der Waals surface area contributed by atoms with Crippen molar-refractivity contribution in [3.8, 4) is 17.2 Å². The second-order valence-corrected chi connectivity index (χ2v) is 6.94. The number of rotatable bonds is 9. The van der Waals surface area contributed by atoms with Crippen LogP contribution in [0.15, 0.2) is 61.2 Å². The lowest BCUT2D eigenvalue weighted by Crippen LogP contribution is -2.02. The van der Waals surface area contributed by atoms with Crippen molar-refractivity contribution >= 4 is 11.9 Å². The minimum absolute atomic E-state index is 0.0698. The number of ketones is 1. The highest BCUT2D eigenvalue weighted by Crippen LogP contribution is 2.32. The number of carbonyl (C=O) groups is 1. The summed E-state index contributed by atoms with van der Waals surface area (Å²) in [6.07, 6.45) is 5.43. The largest absolute Gasteiger partial charge is 0.508 e. The summed E-state index contributed by atoms with van der Waals surface area (Å²) in [7, 11) is 3.14. The molecule has 0 aromatic heterocycles. The van der Waals surface area contributed by atoms with Gasteiger partial charge in [0.2, 0.25) is 0 Å². The minimum atomic E-state index is -0.136. The van der Waals surface area contributed by atoms with Crippen LogP contribution in [0, 0.1) is 0 Å². The summed E-state index contributed by atoms with van der Waals surface area (Å²) in [5, 5.41) is 10.1. The normalized spacial score (nSPS) is 11.9. The third kappa shape index (κ3) is 5.17. The predicted molar refractivity (Wildman–Crippen MR) is 118 cm³/mol. The van der Waals surface area contributed by atoms with Gasteiger partial charge < -0.3 is 14.6 Å². The maximum absolute atomic E-state index is 12.8. The van der Waals surface area contributed by atoms with Crippen molar-refractivity contribution in [2.24, 2.45) is 0 Å². The molecule has 0 amide bonds. The van der Waals surface area contributed by atoms with Gasteiger partial charge in [-0.1, -0.05) is 25.2 Å². The number of allylic oxidation sites excluding steroid dienone is 3. The Morgan fingerprint density at radius 1 is 1.17 bits per heavy atom. The average Bonchev–Trinajstić information content (AvgIpc) is 2.72. The van der Waals surface area contributed by atoms with E-state index in [4.69, 9.17) is 9.47 Å². The predicted octanol–water partition coefficient (Wildman–Crippen LogP) is 5.71. The standard InChI is InChI=1S/C25H28O4/c1-7-8-18-13-20(25(29-6)15-23(18)27)9-11-22(26)19-10-12-24(28-5)21(14-19)17(4)16(2)3/h7,9-15,17,27H,1-2,8H2,3-6H3/b11-9+. The first kappa shape index (κ1) is 22.0. The molecular weight excluding hydrogens is 364 g/mol. The lowest BCUT2D eigenvalue weighted by Gasteiger charge is -2.16. The summed E-state index contributed by atoms with van der Waals surface area (Å²) in [5.41, 5.74) is 3.91. The van der Waals surface area contributed by atoms with Gasteiger partial charge in [0.05, 0.1) is 14.2 Å². The zero-order valence-electron chi connectivity index (χ0n) is 17.5. The monoisotopic (exact) mass is 392 g/mol. The molecule has 0 heterocycles. The minimum Gasteiger partial charge on any atom is -0.508 e. The van der Waals surface area contributed by atoms with Crippen molar-refractivity contribution < 1.29 is 19.4 Å². The topological polar surface area (TPSA) is 55.8 Å². The highest BCUT2D eigenvalue weighted by Gasteiger charge is 2.15. The van der Waals surface area contributed by atoms with Crippen LogP contribution in [0.4, 0.5) is 0 Å². The van der Waals surface area contributed by atoms with E-state index in [0.29, 0.717) is 23.3 Å². The van der Waals surface area contributed by atoms with Gasteiger partial charge in [-0.3, -0.25) is 4.79 Å². The molecule has 4 nitrogen and oxygen atoms in total. The van der Waals surface area contributed by atoms with Crippen LogP contribution in [0.2, 0.25) is 0 Å². The molecule has 152 valence electrons. The van der Waals surface area contributed by atoms with E-state index in [-0.39, 0.29) is 17.5 Å². The molecule has 2 aromatic carbocycles. The van der Waals surface area contributed by atoms with Gasteiger partial charge in [0, 0.05) is 28.7 Å². The number of ether oxygens (including phenoxy) is 2. The van der Waals surface area contributed by atoms with Crippen molar-refractivity contribution in [1.29, 1.82) is 0 Å². The molecule has 2 aromatic rings. The van der Waals surface area contributed by atoms with E-state index >= 15 is 0 Å². The van der Waals surface area contributed by atoms with E-state index in [2.05, 4.69) is 13.2 Å². The van der Waals surface area contributed by atoms with Gasteiger partial charge >= 0.3 is 0 Å². The molecule has 0 radical (unpaired) electrons. The summed E-state index contributed by atoms with van der Waals surface area (Å²) in [4.78, 5) is 12.8. The Morgan fingerprint density at radius 2 is 1.86 bits per heavy atom. The number of benzene rings is 2. The molecule has 4 heteroatoms. The van der Waals surface area contributed by atoms with E-state index < -0.39 is 0 Å². The fourth-order valence-electron chi connectivity index (χ4n) is 3.01. The molecule has 2 rings (SSSR count). The quantitative estimate of drug-likeness (QED) is 0.337. The van der Waals surface area contributed by atoms with Crippen LogP contribution in [0.25, 0.3) is 6.08 Å². The lowest BCUT2D eigenvalue weighted by molar-refractivity contribution is 0.104. The number of hydrogen-bond donors (Lipinski definition) is 1. The van der Waals surface area contributed by atoms with Gasteiger partial charge in [0.15, 0.2) is 5.78 Å². The third-order valence-corrected chi connectivity index (χ3v) is 4.93. The van der Waals surface area contributed by atoms with Gasteiger partial charge in [0.1, 0.15) is 17.2 Å². The highest BCUT2D eigenvalue weighted by atomic mass is 16.5. The molecule has 0 saturated heterocycles. The Balaban J connectivity index is 2.38. The van der Waals surface area contributed by atoms with E-state index in [9.17, 15) is 9.90 Å². The molecule has 0 bridgehead atoms. The molecule has 29 heavy (non-hydrogen) atoms. The fourth-order valence-corrected chi connectivity index (χ4v) is 3.01. The maximum atomic E-state index is 12.8. The number of carbonyl (C=O) groups excluding carboxylic acids is 1. The summed E-state index contributed by atoms with van der Waals surface area (Å²) < 4.78 is 10.8. The maximum Gasteiger partial charge on any atom is 0.185 e. The molecule has 0 fully saturated rings. The van der Waals surface area contributed by atoms with Crippen LogP contribution >= 0.6 is 0 Å². The Morgan fingerprint density at radius 3 is 2.45 bits per heavy atom. The average molecular weight is 392 g/mol. The Bertz CT molecular complexity index is 954. The molecule has 0 spiro atoms. The molecule has 1 atom stereocenters. The Labute approximate surface area is 172 Å². The number of aromatic hydroxyl groups is 1. The number of phenols is 1. The highest BCUT2D eigenvalue weighted by molar-refractivity contribution is 6.07. The van der Waals surface area contributed by atoms with Gasteiger partial charge in [-0.2, -0.15) is 0 Å². The number of phenolic OH excluding ortho intramolecular Hbond substituents is 1. The summed E-state index contributed by atoms with van der Waals surface area (Å²) >= 11 is 0. The molecule has 0 aliphatic rings. The van der Waals surface area contributed by atoms with Crippen molar-refractivity contribution in [3.63, 3.8) is 0 Å². The zero-order chi connectivity index (χ0) is 21.6. The van der Waals surface area contributed by atoms with Crippen LogP contribution < -0.4 is 9.47 Å². The lowest BCUT2D eigenvalue weighted by atomic mass is 9.92. The molecule has 0 aliphatic carbocycles. The molecule has 1 unspecified atom stereocenters. The smallest absolute Gasteiger partial charge is 0.185 e. The van der Waals surface area contributed by atoms with Crippen molar-refractivity contribution in [3.05, 3.63) is 83.5 Å². The van der Waals surface area contributed by atoms with E-state index in [1.54, 1.807) is 43.5 Å². The van der Waals surface area contributed by atoms with Crippen LogP contribution in [0.1, 0.15) is 46.8 Å². The first-order valence-corrected chi connectivity index (χ1v) is 9.38. The number of hydrogen-bond acceptors (Lipinski definition) is 4. The van der Waals surface area contributed by atoms with Crippen LogP contribution in [-0.4, -0.2) is 25.1 Å². The first-order chi connectivity index (χ1) is 13.8. The number of methoxy groups -OCH3 is 2. The second-order valence-electron chi connectivity index (χ2n) is 6.94. The molecule has 0 aliphatic heterocycles. The van der Waals surface area contributed by atoms with Gasteiger partial charge in [-0.15, -0.1) is 6.58 Å². The van der Waals surface area contributed by atoms with Crippen LogP contribution in [0.5, 0.6) is 17.2 Å². The van der Waals surface area contributed by atoms with Crippen LogP contribution in [0.3, 0.4) is 0 Å². The van der Waals surface area contributed by atoms with Crippen molar-refractivity contribution in [2.45, 2.75) is 26.2 Å². The van der Waals surface area contributed by atoms with Crippen LogP contribution in [-0.2, 0) is 6.42 Å². The summed E-state index contributed by atoms with van der Waals surface area (Å²) in [6.45, 7) is 11.7. The Kier molecular flexibility index (Phi) is 7.43. The first-order valence-electron chi connectivity index (χ1n) is 9.38. The van der Waals surface area contributed by atoms with Crippen molar-refractivity contribution in [1.82, 2.24) is 0 Å². The third-order valence-electron chi connectivity index (χ3n) is 4.93. The van der Waals surface area contributed by atoms with E-state index in [1.165, 1.54) is 13.2 Å². The molecular formula is C25H28O4. The van der Waals surface area contributed by atoms with Gasteiger partial charge in [-0.25, -0.2) is 0 Å². The molecule has 1 N–H and O–H groups in total. The van der Waals surface area contributed by atoms with Crippen molar-refractivity contribution in [2.75, 3.05) is 14.2 Å². The summed E-state index contributed by atoms with van der Waals surface area (Å²) in [6, 6.07) is 8.74. The van der Waals surface area contributed by atoms with Gasteiger partial charge in [0.25, 0.3) is 0 Å². The molecule has 0 saturated carbocycles.